The van der Waals surface area contributed by atoms with Crippen molar-refractivity contribution in [1.29, 1.82) is 0 Å². The van der Waals surface area contributed by atoms with Crippen LogP contribution in [0.15, 0.2) is 24.3 Å². The van der Waals surface area contributed by atoms with Crippen molar-refractivity contribution in [3.8, 4) is 0 Å². The zero-order valence-electron chi connectivity index (χ0n) is 9.69. The van der Waals surface area contributed by atoms with Crippen LogP contribution in [0.3, 0.4) is 0 Å². The minimum atomic E-state index is 0. The summed E-state index contributed by atoms with van der Waals surface area (Å²) in [7, 11) is 0. The maximum atomic E-state index is 11.3. The third-order valence-electron chi connectivity index (χ3n) is 2.22. The molecule has 0 saturated heterocycles. The highest BCUT2D eigenvalue weighted by molar-refractivity contribution is 5.85. The minimum absolute atomic E-state index is 0. The second-order valence-corrected chi connectivity index (χ2v) is 3.94. The summed E-state index contributed by atoms with van der Waals surface area (Å²) in [5.41, 5.74) is 7.53. The van der Waals surface area contributed by atoms with Crippen LogP contribution in [0.5, 0.6) is 0 Å². The van der Waals surface area contributed by atoms with Gasteiger partial charge in [-0.15, -0.1) is 12.4 Å². The number of anilines is 1. The molecule has 1 aromatic rings. The van der Waals surface area contributed by atoms with Crippen LogP contribution in [0.25, 0.3) is 0 Å². The fourth-order valence-electron chi connectivity index (χ4n) is 1.22. The molecule has 90 valence electrons. The SMILES string of the molecule is CC(C)C(=O)NCCc1ccc(N)cc1.Cl. The summed E-state index contributed by atoms with van der Waals surface area (Å²) in [6.07, 6.45) is 0.846. The first-order valence-electron chi connectivity index (χ1n) is 5.21. The van der Waals surface area contributed by atoms with Gasteiger partial charge in [0.25, 0.3) is 0 Å². The number of nitrogen functional groups attached to an aromatic ring is 1. The molecule has 4 heteroatoms. The Morgan fingerprint density at radius 2 is 1.88 bits per heavy atom. The van der Waals surface area contributed by atoms with Gasteiger partial charge in [-0.2, -0.15) is 0 Å². The lowest BCUT2D eigenvalue weighted by molar-refractivity contribution is -0.123. The van der Waals surface area contributed by atoms with Gasteiger partial charge in [0, 0.05) is 18.2 Å². The molecule has 1 amide bonds. The van der Waals surface area contributed by atoms with Crippen LogP contribution < -0.4 is 11.1 Å². The average Bonchev–Trinajstić information content (AvgIpc) is 2.20. The molecule has 0 fully saturated rings. The van der Waals surface area contributed by atoms with E-state index in [0.29, 0.717) is 6.54 Å². The van der Waals surface area contributed by atoms with Gasteiger partial charge in [0.1, 0.15) is 0 Å². The Morgan fingerprint density at radius 3 is 2.38 bits per heavy atom. The summed E-state index contributed by atoms with van der Waals surface area (Å²) < 4.78 is 0. The number of hydrogen-bond acceptors (Lipinski definition) is 2. The fourth-order valence-corrected chi connectivity index (χ4v) is 1.22. The van der Waals surface area contributed by atoms with Crippen molar-refractivity contribution in [3.05, 3.63) is 29.8 Å². The van der Waals surface area contributed by atoms with Gasteiger partial charge in [0.15, 0.2) is 0 Å². The zero-order valence-corrected chi connectivity index (χ0v) is 10.5. The molecule has 0 atom stereocenters. The van der Waals surface area contributed by atoms with Gasteiger partial charge in [-0.1, -0.05) is 26.0 Å². The van der Waals surface area contributed by atoms with Crippen molar-refractivity contribution in [1.82, 2.24) is 5.32 Å². The molecule has 3 nitrogen and oxygen atoms in total. The van der Waals surface area contributed by atoms with E-state index in [-0.39, 0.29) is 24.2 Å². The maximum Gasteiger partial charge on any atom is 0.222 e. The lowest BCUT2D eigenvalue weighted by Gasteiger charge is -2.07. The van der Waals surface area contributed by atoms with Gasteiger partial charge >= 0.3 is 0 Å². The maximum absolute atomic E-state index is 11.3. The molecule has 0 aliphatic heterocycles. The molecular weight excluding hydrogens is 224 g/mol. The van der Waals surface area contributed by atoms with Gasteiger partial charge < -0.3 is 11.1 Å². The molecule has 1 aromatic carbocycles. The van der Waals surface area contributed by atoms with Crippen molar-refractivity contribution in [2.24, 2.45) is 5.92 Å². The second kappa shape index (κ2) is 7.12. The fraction of sp³-hybridized carbons (Fsp3) is 0.417. The van der Waals surface area contributed by atoms with E-state index in [4.69, 9.17) is 5.73 Å². The van der Waals surface area contributed by atoms with Gasteiger partial charge in [0.2, 0.25) is 5.91 Å². The van der Waals surface area contributed by atoms with E-state index in [0.717, 1.165) is 12.1 Å². The number of nitrogens with one attached hydrogen (secondary N) is 1. The van der Waals surface area contributed by atoms with Crippen LogP contribution in [0.1, 0.15) is 19.4 Å². The molecule has 0 aromatic heterocycles. The van der Waals surface area contributed by atoms with Crippen molar-refractivity contribution >= 4 is 24.0 Å². The first-order chi connectivity index (χ1) is 7.09. The van der Waals surface area contributed by atoms with Crippen LogP contribution in [-0.4, -0.2) is 12.5 Å². The third kappa shape index (κ3) is 5.03. The van der Waals surface area contributed by atoms with Gasteiger partial charge in [-0.05, 0) is 24.1 Å². The first-order valence-corrected chi connectivity index (χ1v) is 5.21. The van der Waals surface area contributed by atoms with Crippen molar-refractivity contribution in [3.63, 3.8) is 0 Å². The predicted molar refractivity (Wildman–Crippen MR) is 69.7 cm³/mol. The van der Waals surface area contributed by atoms with Crippen molar-refractivity contribution in [2.45, 2.75) is 20.3 Å². The van der Waals surface area contributed by atoms with Crippen LogP contribution in [0, 0.1) is 5.92 Å². The van der Waals surface area contributed by atoms with Gasteiger partial charge in [-0.3, -0.25) is 4.79 Å². The number of benzene rings is 1. The van der Waals surface area contributed by atoms with Crippen molar-refractivity contribution < 1.29 is 4.79 Å². The number of carbonyl (C=O) groups is 1. The van der Waals surface area contributed by atoms with E-state index >= 15 is 0 Å². The number of rotatable bonds is 4. The molecule has 0 bridgehead atoms. The van der Waals surface area contributed by atoms with Crippen LogP contribution in [0.2, 0.25) is 0 Å². The summed E-state index contributed by atoms with van der Waals surface area (Å²) in [5, 5.41) is 2.88. The highest BCUT2D eigenvalue weighted by Gasteiger charge is 2.04. The van der Waals surface area contributed by atoms with E-state index < -0.39 is 0 Å². The summed E-state index contributed by atoms with van der Waals surface area (Å²) >= 11 is 0. The minimum Gasteiger partial charge on any atom is -0.399 e. The largest absolute Gasteiger partial charge is 0.399 e. The van der Waals surface area contributed by atoms with Gasteiger partial charge in [-0.25, -0.2) is 0 Å². The number of hydrogen-bond donors (Lipinski definition) is 2. The first kappa shape index (κ1) is 14.8. The standard InChI is InChI=1S/C12H18N2O.ClH/c1-9(2)12(15)14-8-7-10-3-5-11(13)6-4-10;/h3-6,9H,7-8,13H2,1-2H3,(H,14,15);1H. The van der Waals surface area contributed by atoms with E-state index in [1.807, 2.05) is 38.1 Å². The molecule has 0 aliphatic rings. The molecule has 0 unspecified atom stereocenters. The monoisotopic (exact) mass is 242 g/mol. The van der Waals surface area contributed by atoms with Crippen LogP contribution in [0.4, 0.5) is 5.69 Å². The molecular formula is C12H19ClN2O. The zero-order chi connectivity index (χ0) is 11.3. The number of amides is 1. The normalized spacial score (nSPS) is 9.69. The Balaban J connectivity index is 0.00000225. The van der Waals surface area contributed by atoms with Crippen molar-refractivity contribution in [2.75, 3.05) is 12.3 Å². The Morgan fingerprint density at radius 1 is 1.31 bits per heavy atom. The van der Waals surface area contributed by atoms with E-state index in [1.165, 1.54) is 5.56 Å². The molecule has 1 rings (SSSR count). The van der Waals surface area contributed by atoms with E-state index in [2.05, 4.69) is 5.32 Å². The van der Waals surface area contributed by atoms with E-state index in [9.17, 15) is 4.79 Å². The average molecular weight is 243 g/mol. The summed E-state index contributed by atoms with van der Waals surface area (Å²) in [6, 6.07) is 7.72. The summed E-state index contributed by atoms with van der Waals surface area (Å²) in [6.45, 7) is 4.46. The molecule has 0 radical (unpaired) electrons. The predicted octanol–water partition coefficient (Wildman–Crippen LogP) is 2.01. The van der Waals surface area contributed by atoms with E-state index in [1.54, 1.807) is 0 Å². The molecule has 3 N–H and O–H groups in total. The Kier molecular flexibility index (Phi) is 6.58. The number of nitrogens with two attached hydrogens (primary N) is 1. The highest BCUT2D eigenvalue weighted by Crippen LogP contribution is 2.05. The quantitative estimate of drug-likeness (QED) is 0.794. The highest BCUT2D eigenvalue weighted by atomic mass is 35.5. The molecule has 16 heavy (non-hydrogen) atoms. The van der Waals surface area contributed by atoms with Gasteiger partial charge in [0.05, 0.1) is 0 Å². The molecule has 0 spiro atoms. The second-order valence-electron chi connectivity index (χ2n) is 3.94. The van der Waals surface area contributed by atoms with Crippen LogP contribution >= 0.6 is 12.4 Å². The lowest BCUT2D eigenvalue weighted by atomic mass is 10.1. The Labute approximate surface area is 103 Å². The topological polar surface area (TPSA) is 55.1 Å². The third-order valence-corrected chi connectivity index (χ3v) is 2.22. The Hall–Kier alpha value is -1.22. The number of carbonyl (C=O) groups excluding carboxylic acids is 1. The molecule has 0 saturated carbocycles. The van der Waals surface area contributed by atoms with Crippen LogP contribution in [-0.2, 0) is 11.2 Å². The lowest BCUT2D eigenvalue weighted by Crippen LogP contribution is -2.29. The number of halogens is 1. The summed E-state index contributed by atoms with van der Waals surface area (Å²) in [5.74, 6) is 0.155. The smallest absolute Gasteiger partial charge is 0.222 e. The molecule has 0 heterocycles. The Bertz CT molecular complexity index is 322. The molecule has 0 aliphatic carbocycles. The summed E-state index contributed by atoms with van der Waals surface area (Å²) in [4.78, 5) is 11.3.